The third-order valence-corrected chi connectivity index (χ3v) is 5.18. The van der Waals surface area contributed by atoms with Gasteiger partial charge in [-0.2, -0.15) is 0 Å². The minimum atomic E-state index is -0.720. The summed E-state index contributed by atoms with van der Waals surface area (Å²) in [5.74, 6) is -0.851. The van der Waals surface area contributed by atoms with E-state index in [1.54, 1.807) is 6.20 Å². The second kappa shape index (κ2) is 6.28. The van der Waals surface area contributed by atoms with Crippen LogP contribution in [-0.4, -0.2) is 53.9 Å². The van der Waals surface area contributed by atoms with Crippen LogP contribution < -0.4 is 4.74 Å². The summed E-state index contributed by atoms with van der Waals surface area (Å²) >= 11 is 2.19. The van der Waals surface area contributed by atoms with Crippen molar-refractivity contribution < 1.29 is 28.4 Å². The highest BCUT2D eigenvalue weighted by Gasteiger charge is 2.60. The first-order valence-corrected chi connectivity index (χ1v) is 9.42. The van der Waals surface area contributed by atoms with Crippen LogP contribution >= 0.6 is 22.6 Å². The molecule has 0 unspecified atom stereocenters. The Labute approximate surface area is 160 Å². The molecule has 25 heavy (non-hydrogen) atoms. The number of aromatic nitrogens is 1. The topological polar surface area (TPSA) is 68.3 Å². The number of pyridine rings is 1. The Morgan fingerprint density at radius 3 is 2.48 bits per heavy atom. The van der Waals surface area contributed by atoms with Crippen molar-refractivity contribution in [1.29, 1.82) is 0 Å². The van der Waals surface area contributed by atoms with Gasteiger partial charge in [0.2, 0.25) is 5.88 Å². The lowest BCUT2D eigenvalue weighted by Gasteiger charge is -2.37. The Morgan fingerprint density at radius 1 is 1.04 bits per heavy atom. The van der Waals surface area contributed by atoms with Crippen molar-refractivity contribution in [3.63, 3.8) is 0 Å². The van der Waals surface area contributed by atoms with E-state index in [1.165, 1.54) is 0 Å². The van der Waals surface area contributed by atoms with Gasteiger partial charge in [0.05, 0.1) is 3.57 Å². The first-order valence-electron chi connectivity index (χ1n) is 8.34. The molecule has 4 rings (SSSR count). The number of fused-ring (bicyclic) bond motifs is 3. The van der Waals surface area contributed by atoms with E-state index in [4.69, 9.17) is 28.4 Å². The summed E-state index contributed by atoms with van der Waals surface area (Å²) in [5.41, 5.74) is 0. The van der Waals surface area contributed by atoms with Gasteiger partial charge in [-0.3, -0.25) is 0 Å². The average molecular weight is 463 g/mol. The molecule has 3 aliphatic rings. The molecule has 4 heterocycles. The summed E-state index contributed by atoms with van der Waals surface area (Å²) in [5, 5.41) is 0. The lowest BCUT2D eigenvalue weighted by atomic mass is 9.99. The fourth-order valence-electron chi connectivity index (χ4n) is 3.47. The van der Waals surface area contributed by atoms with Crippen molar-refractivity contribution in [1.82, 2.24) is 4.98 Å². The SMILES string of the molecule is CC1(C)O[C@H]2[C@@H](O1)[C@@H](COc1ncccc1I)O[C@@H]1OC(C)(C)O[C@@H]12. The van der Waals surface area contributed by atoms with Gasteiger partial charge in [-0.25, -0.2) is 4.98 Å². The third kappa shape index (κ3) is 3.52. The van der Waals surface area contributed by atoms with E-state index in [2.05, 4.69) is 27.6 Å². The Bertz CT molecular complexity index is 654. The zero-order valence-electron chi connectivity index (χ0n) is 14.6. The highest BCUT2D eigenvalue weighted by atomic mass is 127. The molecular weight excluding hydrogens is 441 g/mol. The molecule has 138 valence electrons. The van der Waals surface area contributed by atoms with Crippen LogP contribution in [0.4, 0.5) is 0 Å². The summed E-state index contributed by atoms with van der Waals surface area (Å²) in [7, 11) is 0. The van der Waals surface area contributed by atoms with Crippen molar-refractivity contribution in [2.75, 3.05) is 6.61 Å². The van der Waals surface area contributed by atoms with Crippen LogP contribution in [0.3, 0.4) is 0 Å². The molecule has 0 amide bonds. The molecule has 1 aromatic rings. The summed E-state index contributed by atoms with van der Waals surface area (Å²) < 4.78 is 37.0. The van der Waals surface area contributed by atoms with Gasteiger partial charge in [-0.15, -0.1) is 0 Å². The molecule has 3 aliphatic heterocycles. The van der Waals surface area contributed by atoms with E-state index < -0.39 is 17.9 Å². The number of rotatable bonds is 3. The van der Waals surface area contributed by atoms with Gasteiger partial charge in [0.1, 0.15) is 31.0 Å². The van der Waals surface area contributed by atoms with E-state index in [1.807, 2.05) is 39.8 Å². The van der Waals surface area contributed by atoms with E-state index in [-0.39, 0.29) is 24.4 Å². The molecule has 0 spiro atoms. The van der Waals surface area contributed by atoms with Gasteiger partial charge < -0.3 is 28.4 Å². The van der Waals surface area contributed by atoms with Crippen molar-refractivity contribution >= 4 is 22.6 Å². The molecule has 0 aromatic carbocycles. The van der Waals surface area contributed by atoms with E-state index in [0.29, 0.717) is 12.5 Å². The van der Waals surface area contributed by atoms with Crippen LogP contribution in [0.1, 0.15) is 27.7 Å². The van der Waals surface area contributed by atoms with Crippen molar-refractivity contribution in [3.8, 4) is 5.88 Å². The standard InChI is InChI=1S/C17H22INO6/c1-16(2)22-11-10(8-20-14-9(18)6-5-7-19-14)21-15-13(12(11)23-16)24-17(3,4)25-15/h5-7,10-13,15H,8H2,1-4H3/t10-,11+,12+,13-,15-/m1/s1. The largest absolute Gasteiger partial charge is 0.474 e. The lowest BCUT2D eigenvalue weighted by molar-refractivity contribution is -0.238. The Kier molecular flexibility index (Phi) is 4.49. The number of hydrogen-bond acceptors (Lipinski definition) is 7. The number of hydrogen-bond donors (Lipinski definition) is 0. The molecule has 5 atom stereocenters. The van der Waals surface area contributed by atoms with E-state index >= 15 is 0 Å². The fourth-order valence-corrected chi connectivity index (χ4v) is 3.97. The highest BCUT2D eigenvalue weighted by Crippen LogP contribution is 2.44. The molecule has 0 aliphatic carbocycles. The van der Waals surface area contributed by atoms with Gasteiger partial charge in [-0.05, 0) is 62.4 Å². The van der Waals surface area contributed by atoms with Gasteiger partial charge in [0.25, 0.3) is 0 Å². The normalized spacial score (nSPS) is 38.2. The first kappa shape index (κ1) is 17.9. The molecule has 1 aromatic heterocycles. The van der Waals surface area contributed by atoms with Gasteiger partial charge in [0.15, 0.2) is 17.9 Å². The van der Waals surface area contributed by atoms with Crippen LogP contribution in [-0.2, 0) is 23.7 Å². The van der Waals surface area contributed by atoms with Crippen LogP contribution in [0.25, 0.3) is 0 Å². The van der Waals surface area contributed by atoms with Crippen molar-refractivity contribution in [2.45, 2.75) is 70.0 Å². The van der Waals surface area contributed by atoms with E-state index in [9.17, 15) is 0 Å². The molecule has 8 heteroatoms. The summed E-state index contributed by atoms with van der Waals surface area (Å²) in [6.45, 7) is 7.81. The van der Waals surface area contributed by atoms with Crippen LogP contribution in [0.5, 0.6) is 5.88 Å². The predicted octanol–water partition coefficient (Wildman–Crippen LogP) is 2.46. The average Bonchev–Trinajstić information content (AvgIpc) is 3.00. The summed E-state index contributed by atoms with van der Waals surface area (Å²) in [6.07, 6.45) is -0.0455. The molecular formula is C17H22INO6. The Hall–Kier alpha value is -0.520. The Morgan fingerprint density at radius 2 is 1.72 bits per heavy atom. The number of nitrogens with zero attached hydrogens (tertiary/aromatic N) is 1. The Balaban J connectivity index is 1.53. The van der Waals surface area contributed by atoms with Gasteiger partial charge >= 0.3 is 0 Å². The molecule has 0 saturated carbocycles. The quantitative estimate of drug-likeness (QED) is 0.639. The van der Waals surface area contributed by atoms with E-state index in [0.717, 1.165) is 3.57 Å². The molecule has 3 fully saturated rings. The first-order chi connectivity index (χ1) is 11.7. The maximum atomic E-state index is 6.11. The highest BCUT2D eigenvalue weighted by molar-refractivity contribution is 14.1. The number of halogens is 1. The predicted molar refractivity (Wildman–Crippen MR) is 95.0 cm³/mol. The smallest absolute Gasteiger partial charge is 0.227 e. The second-order valence-corrected chi connectivity index (χ2v) is 8.47. The minimum absolute atomic E-state index is 0.271. The fraction of sp³-hybridized carbons (Fsp3) is 0.706. The monoisotopic (exact) mass is 463 g/mol. The van der Waals surface area contributed by atoms with Gasteiger partial charge in [0, 0.05) is 6.20 Å². The van der Waals surface area contributed by atoms with Gasteiger partial charge in [-0.1, -0.05) is 0 Å². The zero-order valence-corrected chi connectivity index (χ0v) is 16.8. The second-order valence-electron chi connectivity index (χ2n) is 7.31. The van der Waals surface area contributed by atoms with Crippen LogP contribution in [0.15, 0.2) is 18.3 Å². The summed E-state index contributed by atoms with van der Waals surface area (Å²) in [4.78, 5) is 4.25. The molecule has 3 saturated heterocycles. The summed E-state index contributed by atoms with van der Waals surface area (Å²) in [6, 6.07) is 3.81. The van der Waals surface area contributed by atoms with Crippen LogP contribution in [0.2, 0.25) is 0 Å². The van der Waals surface area contributed by atoms with Crippen molar-refractivity contribution in [3.05, 3.63) is 21.9 Å². The lowest BCUT2D eigenvalue weighted by Crippen LogP contribution is -2.56. The molecule has 0 radical (unpaired) electrons. The minimum Gasteiger partial charge on any atom is -0.474 e. The number of ether oxygens (including phenoxy) is 6. The maximum Gasteiger partial charge on any atom is 0.227 e. The van der Waals surface area contributed by atoms with Crippen LogP contribution in [0, 0.1) is 3.57 Å². The third-order valence-electron chi connectivity index (χ3n) is 4.36. The zero-order chi connectivity index (χ0) is 17.8. The maximum absolute atomic E-state index is 6.11. The molecule has 7 nitrogen and oxygen atoms in total. The van der Waals surface area contributed by atoms with Crippen molar-refractivity contribution in [2.24, 2.45) is 0 Å². The molecule has 0 bridgehead atoms. The molecule has 0 N–H and O–H groups in total.